The minimum Gasteiger partial charge on any atom is -0.493 e. The summed E-state index contributed by atoms with van der Waals surface area (Å²) in [6, 6.07) is 24.6. The molecule has 0 atom stereocenters. The zero-order chi connectivity index (χ0) is 29.1. The maximum absolute atomic E-state index is 13.8. The zero-order valence-corrected chi connectivity index (χ0v) is 26.4. The summed E-state index contributed by atoms with van der Waals surface area (Å²) < 4.78 is 12.6. The third-order valence-corrected chi connectivity index (χ3v) is 8.71. The van der Waals surface area contributed by atoms with Crippen molar-refractivity contribution in [1.29, 1.82) is 0 Å². The van der Waals surface area contributed by atoms with E-state index >= 15 is 0 Å². The molecule has 4 aromatic carbocycles. The molecule has 5 rings (SSSR count). The average molecular weight is 668 g/mol. The lowest BCUT2D eigenvalue weighted by atomic mass is 10.1. The summed E-state index contributed by atoms with van der Waals surface area (Å²) in [6.45, 7) is 4.25. The number of carbonyl (C=O) groups excluding carboxylic acids is 1. The molecule has 0 aliphatic carbocycles. The fourth-order valence-corrected chi connectivity index (χ4v) is 5.66. The molecule has 0 radical (unpaired) electrons. The molecule has 0 spiro atoms. The lowest BCUT2D eigenvalue weighted by Gasteiger charge is -2.16. The number of carbonyl (C=O) groups is 1. The van der Waals surface area contributed by atoms with E-state index < -0.39 is 0 Å². The van der Waals surface area contributed by atoms with Crippen LogP contribution in [-0.4, -0.2) is 18.2 Å². The van der Waals surface area contributed by atoms with Gasteiger partial charge in [-0.05, 0) is 102 Å². The topological polar surface area (TPSA) is 51.1 Å². The van der Waals surface area contributed by atoms with Crippen LogP contribution in [0, 0.1) is 13.8 Å². The zero-order valence-electron chi connectivity index (χ0n) is 22.5. The molecule has 0 bridgehead atoms. The Labute approximate surface area is 261 Å². The van der Waals surface area contributed by atoms with Gasteiger partial charge in [-0.15, -0.1) is 0 Å². The average Bonchev–Trinajstić information content (AvgIpc) is 3.26. The first-order valence-electron chi connectivity index (χ1n) is 12.6. The summed E-state index contributed by atoms with van der Waals surface area (Å²) >= 11 is 17.5. The third-order valence-electron chi connectivity index (χ3n) is 6.39. The fourth-order valence-electron chi connectivity index (χ4n) is 4.05. The molecule has 0 saturated carbocycles. The molecule has 9 heteroatoms. The summed E-state index contributed by atoms with van der Waals surface area (Å²) in [6.07, 6.45) is 1.82. The van der Waals surface area contributed by atoms with Gasteiger partial charge in [0.25, 0.3) is 5.91 Å². The number of hydrogen-bond donors (Lipinski definition) is 0. The smallest absolute Gasteiger partial charge is 0.271 e. The SMILES string of the molecule is COc1cc(/C=C2/SC(=Nc3ccc(C)c(Cl)c3)N(c3ccc(C)c(Cl)c3)C2=O)ccc1OCc1ccc(Br)cc1. The lowest BCUT2D eigenvalue weighted by Crippen LogP contribution is -2.28. The van der Waals surface area contributed by atoms with Crippen molar-refractivity contribution in [3.63, 3.8) is 0 Å². The molecule has 1 aliphatic rings. The number of amidine groups is 1. The molecular weight excluding hydrogens is 643 g/mol. The lowest BCUT2D eigenvalue weighted by molar-refractivity contribution is -0.113. The molecule has 4 aromatic rings. The Morgan fingerprint density at radius 1 is 0.902 bits per heavy atom. The van der Waals surface area contributed by atoms with Crippen molar-refractivity contribution in [3.8, 4) is 11.5 Å². The Kier molecular flexibility index (Phi) is 9.09. The van der Waals surface area contributed by atoms with Crippen molar-refractivity contribution in [2.45, 2.75) is 20.5 Å². The van der Waals surface area contributed by atoms with Crippen LogP contribution in [0.2, 0.25) is 10.0 Å². The first kappa shape index (κ1) is 29.3. The van der Waals surface area contributed by atoms with Crippen molar-refractivity contribution in [2.75, 3.05) is 12.0 Å². The molecule has 1 fully saturated rings. The van der Waals surface area contributed by atoms with E-state index in [9.17, 15) is 4.79 Å². The quantitative estimate of drug-likeness (QED) is 0.184. The summed E-state index contributed by atoms with van der Waals surface area (Å²) in [5, 5.41) is 1.68. The number of halogens is 3. The molecule has 208 valence electrons. The van der Waals surface area contributed by atoms with Crippen LogP contribution in [0.1, 0.15) is 22.3 Å². The molecular formula is C32H25BrCl2N2O3S. The van der Waals surface area contributed by atoms with E-state index in [0.29, 0.717) is 49.6 Å². The maximum atomic E-state index is 13.8. The highest BCUT2D eigenvalue weighted by Gasteiger charge is 2.35. The second-order valence-corrected chi connectivity index (χ2v) is 12.1. The van der Waals surface area contributed by atoms with Crippen LogP contribution in [0.5, 0.6) is 11.5 Å². The van der Waals surface area contributed by atoms with Crippen LogP contribution in [0.3, 0.4) is 0 Å². The van der Waals surface area contributed by atoms with Crippen LogP contribution in [0.25, 0.3) is 6.08 Å². The Morgan fingerprint density at radius 3 is 2.29 bits per heavy atom. The van der Waals surface area contributed by atoms with Gasteiger partial charge in [-0.25, -0.2) is 4.99 Å². The van der Waals surface area contributed by atoms with Gasteiger partial charge in [0.05, 0.1) is 23.4 Å². The van der Waals surface area contributed by atoms with Gasteiger partial charge in [-0.2, -0.15) is 0 Å². The molecule has 0 unspecified atom stereocenters. The molecule has 0 N–H and O–H groups in total. The highest BCUT2D eigenvalue weighted by molar-refractivity contribution is 9.10. The number of anilines is 1. The van der Waals surface area contributed by atoms with Crippen LogP contribution < -0.4 is 14.4 Å². The van der Waals surface area contributed by atoms with Gasteiger partial charge in [0.2, 0.25) is 0 Å². The molecule has 1 heterocycles. The number of hydrogen-bond acceptors (Lipinski definition) is 5. The minimum absolute atomic E-state index is 0.207. The number of thioether (sulfide) groups is 1. The summed E-state index contributed by atoms with van der Waals surface area (Å²) in [4.78, 5) is 20.6. The number of methoxy groups -OCH3 is 1. The van der Waals surface area contributed by atoms with Crippen molar-refractivity contribution >= 4 is 79.4 Å². The van der Waals surface area contributed by atoms with Crippen LogP contribution in [-0.2, 0) is 11.4 Å². The van der Waals surface area contributed by atoms with E-state index in [2.05, 4.69) is 15.9 Å². The highest BCUT2D eigenvalue weighted by Crippen LogP contribution is 2.39. The van der Waals surface area contributed by atoms with Gasteiger partial charge in [0.1, 0.15) is 6.61 Å². The monoisotopic (exact) mass is 666 g/mol. The molecule has 1 aliphatic heterocycles. The van der Waals surface area contributed by atoms with Crippen molar-refractivity contribution in [2.24, 2.45) is 4.99 Å². The Morgan fingerprint density at radius 2 is 1.61 bits per heavy atom. The van der Waals surface area contributed by atoms with Crippen LogP contribution in [0.4, 0.5) is 11.4 Å². The van der Waals surface area contributed by atoms with Gasteiger partial charge in [0, 0.05) is 14.5 Å². The summed E-state index contributed by atoms with van der Waals surface area (Å²) in [5.74, 6) is 0.969. The molecule has 0 aromatic heterocycles. The highest BCUT2D eigenvalue weighted by atomic mass is 79.9. The van der Waals surface area contributed by atoms with E-state index in [-0.39, 0.29) is 5.91 Å². The van der Waals surface area contributed by atoms with Gasteiger partial charge in [-0.1, -0.05) is 69.5 Å². The Hall–Kier alpha value is -3.23. The number of aliphatic imine (C=N–C) groups is 1. The normalized spacial score (nSPS) is 15.2. The number of rotatable bonds is 7. The standard InChI is InChI=1S/C32H25BrCl2N2O3S/c1-19-4-11-24(16-26(19)34)36-32-37(25-12-5-20(2)27(35)17-25)31(38)30(41-32)15-22-8-13-28(29(14-22)39-3)40-18-21-6-9-23(33)10-7-21/h4-17H,18H2,1-3H3/b30-15+,36-32?. The van der Waals surface area contributed by atoms with E-state index in [1.807, 2.05) is 86.7 Å². The number of nitrogens with zero attached hydrogens (tertiary/aromatic N) is 2. The molecule has 5 nitrogen and oxygen atoms in total. The first-order valence-corrected chi connectivity index (χ1v) is 15.0. The third kappa shape index (κ3) is 6.81. The van der Waals surface area contributed by atoms with Crippen LogP contribution >= 0.6 is 50.9 Å². The summed E-state index contributed by atoms with van der Waals surface area (Å²) in [5.41, 5.74) is 4.97. The summed E-state index contributed by atoms with van der Waals surface area (Å²) in [7, 11) is 1.59. The van der Waals surface area contributed by atoms with E-state index in [4.69, 9.17) is 37.7 Å². The Balaban J connectivity index is 1.46. The van der Waals surface area contributed by atoms with Gasteiger partial charge < -0.3 is 9.47 Å². The fraction of sp³-hybridized carbons (Fsp3) is 0.125. The van der Waals surface area contributed by atoms with Gasteiger partial charge >= 0.3 is 0 Å². The number of amides is 1. The number of aryl methyl sites for hydroxylation is 2. The van der Waals surface area contributed by atoms with Gasteiger partial charge in [0.15, 0.2) is 16.7 Å². The van der Waals surface area contributed by atoms with E-state index in [1.165, 1.54) is 11.8 Å². The Bertz CT molecular complexity index is 1690. The van der Waals surface area contributed by atoms with Crippen molar-refractivity contribution in [3.05, 3.63) is 121 Å². The predicted octanol–water partition coefficient (Wildman–Crippen LogP) is 9.77. The maximum Gasteiger partial charge on any atom is 0.271 e. The van der Waals surface area contributed by atoms with Crippen molar-refractivity contribution < 1.29 is 14.3 Å². The molecule has 41 heavy (non-hydrogen) atoms. The second-order valence-electron chi connectivity index (χ2n) is 9.34. The second kappa shape index (κ2) is 12.7. The number of ether oxygens (including phenoxy) is 2. The van der Waals surface area contributed by atoms with Crippen molar-refractivity contribution in [1.82, 2.24) is 0 Å². The van der Waals surface area contributed by atoms with E-state index in [1.54, 1.807) is 24.1 Å². The minimum atomic E-state index is -0.207. The molecule has 1 amide bonds. The first-order chi connectivity index (χ1) is 19.7. The predicted molar refractivity (Wildman–Crippen MR) is 174 cm³/mol. The largest absolute Gasteiger partial charge is 0.493 e. The van der Waals surface area contributed by atoms with Gasteiger partial charge in [-0.3, -0.25) is 9.69 Å². The van der Waals surface area contributed by atoms with Crippen LogP contribution in [0.15, 0.2) is 93.2 Å². The van der Waals surface area contributed by atoms with E-state index in [0.717, 1.165) is 26.7 Å². The number of benzene rings is 4. The molecule has 1 saturated heterocycles.